The van der Waals surface area contributed by atoms with Gasteiger partial charge >= 0.3 is 0 Å². The van der Waals surface area contributed by atoms with Gasteiger partial charge in [0, 0.05) is 33.1 Å². The highest BCUT2D eigenvalue weighted by Gasteiger charge is 2.19. The first kappa shape index (κ1) is 30.5. The summed E-state index contributed by atoms with van der Waals surface area (Å²) in [6.45, 7) is 0. The van der Waals surface area contributed by atoms with Crippen LogP contribution in [0.3, 0.4) is 0 Å². The first-order valence-electron chi connectivity index (χ1n) is 18.5. The van der Waals surface area contributed by atoms with E-state index in [-0.39, 0.29) is 0 Å². The zero-order chi connectivity index (χ0) is 35.6. The molecule has 0 unspecified atom stereocenters. The van der Waals surface area contributed by atoms with Crippen LogP contribution in [-0.4, -0.2) is 0 Å². The van der Waals surface area contributed by atoms with E-state index in [4.69, 9.17) is 4.42 Å². The molecule has 0 saturated carbocycles. The van der Waals surface area contributed by atoms with Crippen molar-refractivity contribution in [3.8, 4) is 22.3 Å². The fraction of sp³-hybridized carbons (Fsp3) is 0. The second-order valence-corrected chi connectivity index (χ2v) is 14.1. The third kappa shape index (κ3) is 4.81. The highest BCUT2D eigenvalue weighted by molar-refractivity contribution is 6.16. The van der Waals surface area contributed by atoms with Crippen molar-refractivity contribution in [2.24, 2.45) is 0 Å². The summed E-state index contributed by atoms with van der Waals surface area (Å²) in [6, 6.07) is 72.3. The molecule has 11 aromatic rings. The minimum Gasteiger partial charge on any atom is -0.455 e. The minimum atomic E-state index is 0.908. The van der Waals surface area contributed by atoms with Crippen molar-refractivity contribution in [1.29, 1.82) is 0 Å². The van der Waals surface area contributed by atoms with Crippen molar-refractivity contribution < 1.29 is 4.42 Å². The molecule has 0 amide bonds. The van der Waals surface area contributed by atoms with Crippen LogP contribution in [0.1, 0.15) is 0 Å². The Hall–Kier alpha value is -7.16. The van der Waals surface area contributed by atoms with E-state index in [1.807, 2.05) is 12.1 Å². The van der Waals surface area contributed by atoms with Crippen LogP contribution >= 0.6 is 0 Å². The lowest BCUT2D eigenvalue weighted by atomic mass is 9.93. The molecule has 1 aromatic heterocycles. The monoisotopic (exact) mass is 687 g/mol. The fourth-order valence-corrected chi connectivity index (χ4v) is 8.49. The van der Waals surface area contributed by atoms with Gasteiger partial charge in [0.2, 0.25) is 0 Å². The van der Waals surface area contributed by atoms with Gasteiger partial charge in [0.05, 0.1) is 5.69 Å². The molecule has 54 heavy (non-hydrogen) atoms. The molecule has 0 spiro atoms. The molecular weight excluding hydrogens is 655 g/mol. The van der Waals surface area contributed by atoms with Gasteiger partial charge in [-0.1, -0.05) is 158 Å². The quantitative estimate of drug-likeness (QED) is 0.168. The number of para-hydroxylation sites is 2. The number of benzene rings is 10. The number of hydrogen-bond donors (Lipinski definition) is 0. The minimum absolute atomic E-state index is 0.908. The molecule has 2 nitrogen and oxygen atoms in total. The molecule has 0 N–H and O–H groups in total. The van der Waals surface area contributed by atoms with E-state index in [1.54, 1.807) is 0 Å². The van der Waals surface area contributed by atoms with Crippen LogP contribution in [0, 0.1) is 0 Å². The summed E-state index contributed by atoms with van der Waals surface area (Å²) < 4.78 is 6.43. The molecule has 0 aliphatic heterocycles. The predicted octanol–water partition coefficient (Wildman–Crippen LogP) is 15.0. The van der Waals surface area contributed by atoms with E-state index in [2.05, 4.69) is 193 Å². The molecule has 0 fully saturated rings. The SMILES string of the molecule is c1ccc2c(c1)cc(-c1ccc(N(c3ccc(-c4cccc5c4oc4ccccc45)cc3)c3cc4ccccc4c4ccccc34)cc1)c1ccccc12. The van der Waals surface area contributed by atoms with Crippen molar-refractivity contribution in [2.75, 3.05) is 4.90 Å². The first-order chi connectivity index (χ1) is 26.8. The van der Waals surface area contributed by atoms with Crippen LogP contribution in [0.5, 0.6) is 0 Å². The smallest absolute Gasteiger partial charge is 0.143 e. The van der Waals surface area contributed by atoms with E-state index in [9.17, 15) is 0 Å². The van der Waals surface area contributed by atoms with Gasteiger partial charge in [0.1, 0.15) is 11.2 Å². The lowest BCUT2D eigenvalue weighted by molar-refractivity contribution is 0.670. The predicted molar refractivity (Wildman–Crippen MR) is 229 cm³/mol. The second kappa shape index (κ2) is 12.2. The molecule has 0 saturated heterocycles. The molecule has 0 aliphatic carbocycles. The molecule has 0 bridgehead atoms. The van der Waals surface area contributed by atoms with Crippen molar-refractivity contribution in [3.05, 3.63) is 200 Å². The Balaban J connectivity index is 1.08. The summed E-state index contributed by atoms with van der Waals surface area (Å²) in [6.07, 6.45) is 0. The maximum absolute atomic E-state index is 6.43. The van der Waals surface area contributed by atoms with Gasteiger partial charge in [-0.3, -0.25) is 0 Å². The van der Waals surface area contributed by atoms with Crippen LogP contribution in [-0.2, 0) is 0 Å². The summed E-state index contributed by atoms with van der Waals surface area (Å²) in [5.74, 6) is 0. The van der Waals surface area contributed by atoms with Crippen LogP contribution in [0.4, 0.5) is 17.1 Å². The summed E-state index contributed by atoms with van der Waals surface area (Å²) in [4.78, 5) is 2.41. The Morgan fingerprint density at radius 1 is 0.315 bits per heavy atom. The van der Waals surface area contributed by atoms with Gasteiger partial charge in [-0.05, 0) is 96.9 Å². The van der Waals surface area contributed by atoms with Crippen molar-refractivity contribution >= 4 is 82.1 Å². The van der Waals surface area contributed by atoms with Crippen molar-refractivity contribution in [1.82, 2.24) is 0 Å². The van der Waals surface area contributed by atoms with Gasteiger partial charge in [-0.2, -0.15) is 0 Å². The van der Waals surface area contributed by atoms with Gasteiger partial charge in [0.25, 0.3) is 0 Å². The van der Waals surface area contributed by atoms with Crippen LogP contribution < -0.4 is 4.90 Å². The Bertz CT molecular complexity index is 3210. The number of anilines is 3. The maximum atomic E-state index is 6.43. The van der Waals surface area contributed by atoms with Gasteiger partial charge in [-0.15, -0.1) is 0 Å². The molecule has 11 rings (SSSR count). The van der Waals surface area contributed by atoms with E-state index in [1.165, 1.54) is 54.2 Å². The van der Waals surface area contributed by atoms with E-state index in [0.717, 1.165) is 50.1 Å². The lowest BCUT2D eigenvalue weighted by Gasteiger charge is -2.28. The standard InChI is InChI=1S/C52H33NO/c1-3-14-40-36(12-1)32-49(45-18-6-5-16-43(40)45)35-26-30-39(31-27-35)53(50-33-37-13-2-4-15-41(37)44-17-7-8-19-46(44)50)38-28-24-34(25-29-38)42-21-11-22-48-47-20-9-10-23-51(47)54-52(42)48/h1-33H. The molecular formula is C52H33NO. The number of hydrogen-bond acceptors (Lipinski definition) is 2. The van der Waals surface area contributed by atoms with E-state index in [0.29, 0.717) is 0 Å². The van der Waals surface area contributed by atoms with E-state index < -0.39 is 0 Å². The molecule has 252 valence electrons. The Labute approximate surface area is 312 Å². The van der Waals surface area contributed by atoms with Gasteiger partial charge in [-0.25, -0.2) is 0 Å². The average Bonchev–Trinajstić information content (AvgIpc) is 3.63. The third-order valence-corrected chi connectivity index (χ3v) is 11.0. The molecule has 1 heterocycles. The second-order valence-electron chi connectivity index (χ2n) is 14.1. The molecule has 10 aromatic carbocycles. The Kier molecular flexibility index (Phi) is 6.90. The number of furan rings is 1. The topological polar surface area (TPSA) is 16.4 Å². The Morgan fingerprint density at radius 3 is 1.46 bits per heavy atom. The highest BCUT2D eigenvalue weighted by atomic mass is 16.3. The number of fused-ring (bicyclic) bond motifs is 9. The molecule has 2 heteroatoms. The Morgan fingerprint density at radius 2 is 0.796 bits per heavy atom. The molecule has 0 atom stereocenters. The van der Waals surface area contributed by atoms with E-state index >= 15 is 0 Å². The van der Waals surface area contributed by atoms with Crippen LogP contribution in [0.25, 0.3) is 87.3 Å². The summed E-state index contributed by atoms with van der Waals surface area (Å²) in [5.41, 5.74) is 9.78. The summed E-state index contributed by atoms with van der Waals surface area (Å²) >= 11 is 0. The van der Waals surface area contributed by atoms with Crippen LogP contribution in [0.2, 0.25) is 0 Å². The van der Waals surface area contributed by atoms with Gasteiger partial charge < -0.3 is 9.32 Å². The number of nitrogens with zero attached hydrogens (tertiary/aromatic N) is 1. The summed E-state index contributed by atoms with van der Waals surface area (Å²) in [7, 11) is 0. The molecule has 0 radical (unpaired) electrons. The van der Waals surface area contributed by atoms with Crippen LogP contribution in [0.15, 0.2) is 205 Å². The average molecular weight is 688 g/mol. The zero-order valence-corrected chi connectivity index (χ0v) is 29.4. The molecule has 0 aliphatic rings. The third-order valence-electron chi connectivity index (χ3n) is 11.0. The number of rotatable bonds is 5. The maximum Gasteiger partial charge on any atom is 0.143 e. The highest BCUT2D eigenvalue weighted by Crippen LogP contribution is 2.44. The zero-order valence-electron chi connectivity index (χ0n) is 29.4. The normalized spacial score (nSPS) is 11.7. The largest absolute Gasteiger partial charge is 0.455 e. The fourth-order valence-electron chi connectivity index (χ4n) is 8.49. The van der Waals surface area contributed by atoms with Gasteiger partial charge in [0.15, 0.2) is 0 Å². The first-order valence-corrected chi connectivity index (χ1v) is 18.5. The summed E-state index contributed by atoms with van der Waals surface area (Å²) in [5, 5.41) is 12.2. The lowest BCUT2D eigenvalue weighted by Crippen LogP contribution is -2.10. The van der Waals surface area contributed by atoms with Crippen molar-refractivity contribution in [2.45, 2.75) is 0 Å². The van der Waals surface area contributed by atoms with Crippen molar-refractivity contribution in [3.63, 3.8) is 0 Å².